The van der Waals surface area contributed by atoms with Gasteiger partial charge in [0.05, 0.1) is 26.2 Å². The maximum Gasteiger partial charge on any atom is 0.257 e. The number of para-hydroxylation sites is 1. The Labute approximate surface area is 152 Å². The molecule has 2 heterocycles. The molecule has 2 atom stereocenters. The third kappa shape index (κ3) is 3.58. The van der Waals surface area contributed by atoms with Crippen molar-refractivity contribution in [3.63, 3.8) is 0 Å². The minimum atomic E-state index is -0.375. The van der Waals surface area contributed by atoms with Crippen molar-refractivity contribution in [2.45, 2.75) is 44.3 Å². The van der Waals surface area contributed by atoms with Gasteiger partial charge >= 0.3 is 0 Å². The molecule has 1 aliphatic carbocycles. The number of hydrogen-bond donors (Lipinski definition) is 0. The van der Waals surface area contributed by atoms with E-state index in [1.165, 1.54) is 0 Å². The van der Waals surface area contributed by atoms with E-state index in [1.54, 1.807) is 7.11 Å². The lowest BCUT2D eigenvalue weighted by molar-refractivity contribution is -0.146. The number of benzene rings is 1. The van der Waals surface area contributed by atoms with E-state index in [-0.39, 0.29) is 18.1 Å². The summed E-state index contributed by atoms with van der Waals surface area (Å²) in [6.07, 6.45) is 2.06. The van der Waals surface area contributed by atoms with Crippen molar-refractivity contribution in [3.05, 3.63) is 41.5 Å². The minimum absolute atomic E-state index is 0.0385. The molecule has 0 radical (unpaired) electrons. The normalized spacial score (nSPS) is 23.1. The van der Waals surface area contributed by atoms with Crippen LogP contribution in [-0.4, -0.2) is 47.3 Å². The van der Waals surface area contributed by atoms with Gasteiger partial charge in [-0.15, -0.1) is 0 Å². The van der Waals surface area contributed by atoms with Gasteiger partial charge in [-0.2, -0.15) is 4.98 Å². The lowest BCUT2D eigenvalue weighted by Gasteiger charge is -2.35. The van der Waals surface area contributed by atoms with Gasteiger partial charge in [-0.05, 0) is 25.8 Å². The van der Waals surface area contributed by atoms with E-state index in [4.69, 9.17) is 14.0 Å². The largest absolute Gasteiger partial charge is 0.496 e. The van der Waals surface area contributed by atoms with E-state index in [1.807, 2.05) is 36.1 Å². The Morgan fingerprint density at radius 1 is 1.31 bits per heavy atom. The van der Waals surface area contributed by atoms with Gasteiger partial charge < -0.3 is 18.9 Å². The fraction of sp³-hybridized carbons (Fsp3) is 0.526. The van der Waals surface area contributed by atoms with Crippen LogP contribution in [0.5, 0.6) is 5.75 Å². The van der Waals surface area contributed by atoms with Crippen molar-refractivity contribution >= 4 is 5.91 Å². The number of ether oxygens (including phenoxy) is 2. The van der Waals surface area contributed by atoms with Gasteiger partial charge in [0.2, 0.25) is 5.91 Å². The average molecular weight is 357 g/mol. The van der Waals surface area contributed by atoms with Gasteiger partial charge in [-0.25, -0.2) is 0 Å². The quantitative estimate of drug-likeness (QED) is 0.818. The third-order valence-electron chi connectivity index (χ3n) is 4.82. The van der Waals surface area contributed by atoms with Gasteiger partial charge in [0.15, 0.2) is 11.9 Å². The van der Waals surface area contributed by atoms with Crippen molar-refractivity contribution < 1.29 is 18.8 Å². The summed E-state index contributed by atoms with van der Waals surface area (Å²) in [4.78, 5) is 19.1. The van der Waals surface area contributed by atoms with E-state index in [2.05, 4.69) is 10.1 Å². The number of morpholine rings is 1. The number of aromatic nitrogens is 2. The highest BCUT2D eigenvalue weighted by atomic mass is 16.5. The Morgan fingerprint density at radius 3 is 2.88 bits per heavy atom. The first-order valence-corrected chi connectivity index (χ1v) is 9.02. The second kappa shape index (κ2) is 7.07. The number of nitrogens with zero attached hydrogens (tertiary/aromatic N) is 3. The molecule has 1 aromatic carbocycles. The van der Waals surface area contributed by atoms with Crippen LogP contribution in [0.4, 0.5) is 0 Å². The summed E-state index contributed by atoms with van der Waals surface area (Å²) < 4.78 is 16.7. The molecule has 1 amide bonds. The number of carbonyl (C=O) groups excluding carboxylic acids is 1. The van der Waals surface area contributed by atoms with E-state index in [9.17, 15) is 4.79 Å². The van der Waals surface area contributed by atoms with Crippen LogP contribution in [0.2, 0.25) is 0 Å². The summed E-state index contributed by atoms with van der Waals surface area (Å²) >= 11 is 0. The van der Waals surface area contributed by atoms with E-state index >= 15 is 0 Å². The SMILES string of the molecule is COc1ccccc1CC(=O)N1C[C@@H](C)O[C@@H](c2nc(C3CC3)no2)C1. The average Bonchev–Trinajstić information content (AvgIpc) is 3.38. The van der Waals surface area contributed by atoms with Gasteiger partial charge in [0.25, 0.3) is 5.89 Å². The Balaban J connectivity index is 1.46. The van der Waals surface area contributed by atoms with Gasteiger partial charge in [0.1, 0.15) is 5.75 Å². The summed E-state index contributed by atoms with van der Waals surface area (Å²) in [6.45, 7) is 2.92. The Hall–Kier alpha value is -2.41. The maximum atomic E-state index is 12.8. The van der Waals surface area contributed by atoms with Crippen molar-refractivity contribution in [1.82, 2.24) is 15.0 Å². The van der Waals surface area contributed by atoms with Crippen LogP contribution in [0, 0.1) is 0 Å². The molecular formula is C19H23N3O4. The highest BCUT2D eigenvalue weighted by molar-refractivity contribution is 5.79. The molecule has 2 fully saturated rings. The molecule has 0 N–H and O–H groups in total. The van der Waals surface area contributed by atoms with Crippen LogP contribution in [0.15, 0.2) is 28.8 Å². The summed E-state index contributed by atoms with van der Waals surface area (Å²) in [5, 5.41) is 4.05. The highest BCUT2D eigenvalue weighted by Gasteiger charge is 2.35. The first kappa shape index (κ1) is 17.0. The van der Waals surface area contributed by atoms with Crippen LogP contribution in [-0.2, 0) is 16.0 Å². The second-order valence-electron chi connectivity index (χ2n) is 6.99. The first-order valence-electron chi connectivity index (χ1n) is 9.02. The van der Waals surface area contributed by atoms with Gasteiger partial charge in [0, 0.05) is 18.0 Å². The molecule has 0 bridgehead atoms. The van der Waals surface area contributed by atoms with Crippen LogP contribution in [0.25, 0.3) is 0 Å². The van der Waals surface area contributed by atoms with Gasteiger partial charge in [-0.1, -0.05) is 23.4 Å². The highest BCUT2D eigenvalue weighted by Crippen LogP contribution is 2.39. The number of methoxy groups -OCH3 is 1. The van der Waals surface area contributed by atoms with Crippen LogP contribution in [0.1, 0.15) is 49.1 Å². The van der Waals surface area contributed by atoms with Crippen LogP contribution >= 0.6 is 0 Å². The molecule has 2 aliphatic rings. The molecule has 138 valence electrons. The zero-order valence-corrected chi connectivity index (χ0v) is 15.1. The zero-order chi connectivity index (χ0) is 18.1. The lowest BCUT2D eigenvalue weighted by atomic mass is 10.1. The summed E-state index contributed by atoms with van der Waals surface area (Å²) in [6, 6.07) is 7.59. The predicted octanol–water partition coefficient (Wildman–Crippen LogP) is 2.49. The van der Waals surface area contributed by atoms with Crippen molar-refractivity contribution in [2.24, 2.45) is 0 Å². The molecule has 0 unspecified atom stereocenters. The van der Waals surface area contributed by atoms with E-state index in [0.29, 0.717) is 31.3 Å². The van der Waals surface area contributed by atoms with Crippen molar-refractivity contribution in [2.75, 3.05) is 20.2 Å². The lowest BCUT2D eigenvalue weighted by Crippen LogP contribution is -2.46. The Kier molecular flexibility index (Phi) is 4.63. The molecule has 4 rings (SSSR count). The smallest absolute Gasteiger partial charge is 0.257 e. The fourth-order valence-corrected chi connectivity index (χ4v) is 3.30. The number of hydrogen-bond acceptors (Lipinski definition) is 6. The molecule has 1 saturated heterocycles. The second-order valence-corrected chi connectivity index (χ2v) is 6.99. The summed E-state index contributed by atoms with van der Waals surface area (Å²) in [5.41, 5.74) is 0.879. The Morgan fingerprint density at radius 2 is 2.12 bits per heavy atom. The molecule has 7 nitrogen and oxygen atoms in total. The van der Waals surface area contributed by atoms with Crippen LogP contribution in [0.3, 0.4) is 0 Å². The molecule has 7 heteroatoms. The zero-order valence-electron chi connectivity index (χ0n) is 15.1. The first-order chi connectivity index (χ1) is 12.6. The topological polar surface area (TPSA) is 77.7 Å². The number of rotatable bonds is 5. The van der Waals surface area contributed by atoms with Crippen molar-refractivity contribution in [1.29, 1.82) is 0 Å². The summed E-state index contributed by atoms with van der Waals surface area (Å²) in [5.74, 6) is 2.42. The predicted molar refractivity (Wildman–Crippen MR) is 92.8 cm³/mol. The number of amides is 1. The maximum absolute atomic E-state index is 12.8. The minimum Gasteiger partial charge on any atom is -0.496 e. The molecule has 2 aromatic rings. The van der Waals surface area contributed by atoms with Crippen molar-refractivity contribution in [3.8, 4) is 5.75 Å². The molecule has 1 aliphatic heterocycles. The van der Waals surface area contributed by atoms with E-state index in [0.717, 1.165) is 30.0 Å². The number of carbonyl (C=O) groups is 1. The third-order valence-corrected chi connectivity index (χ3v) is 4.82. The molecule has 26 heavy (non-hydrogen) atoms. The van der Waals surface area contributed by atoms with Gasteiger partial charge in [-0.3, -0.25) is 4.79 Å². The fourth-order valence-electron chi connectivity index (χ4n) is 3.30. The Bertz CT molecular complexity index is 787. The monoisotopic (exact) mass is 357 g/mol. The molecule has 1 aromatic heterocycles. The molecule has 0 spiro atoms. The molecule has 1 saturated carbocycles. The summed E-state index contributed by atoms with van der Waals surface area (Å²) in [7, 11) is 1.61. The van der Waals surface area contributed by atoms with Crippen LogP contribution < -0.4 is 4.74 Å². The molecular weight excluding hydrogens is 334 g/mol. The standard InChI is InChI=1S/C19H23N3O4/c1-12-10-22(17(23)9-14-5-3-4-6-15(14)24-2)11-16(25-12)19-20-18(21-26-19)13-7-8-13/h3-6,12-13,16H,7-11H2,1-2H3/t12-,16-/m1/s1. The van der Waals surface area contributed by atoms with E-state index < -0.39 is 0 Å².